The molecule has 0 radical (unpaired) electrons. The number of rotatable bonds is 3. The van der Waals surface area contributed by atoms with Crippen LogP contribution in [0.4, 0.5) is 5.69 Å². The quantitative estimate of drug-likeness (QED) is 0.808. The Balaban J connectivity index is 2.09. The molecule has 2 aromatic rings. The molecule has 1 aliphatic heterocycles. The molecule has 22 heavy (non-hydrogen) atoms. The van der Waals surface area contributed by atoms with Gasteiger partial charge in [-0.25, -0.2) is 4.90 Å². The van der Waals surface area contributed by atoms with Gasteiger partial charge in [-0.15, -0.1) is 11.3 Å². The topological polar surface area (TPSA) is 46.6 Å². The minimum absolute atomic E-state index is 0.241. The number of imide groups is 1. The lowest BCUT2D eigenvalue weighted by Crippen LogP contribution is -2.30. The molecule has 1 aliphatic rings. The van der Waals surface area contributed by atoms with E-state index in [0.29, 0.717) is 29.2 Å². The fourth-order valence-corrected chi connectivity index (χ4v) is 3.90. The molecule has 2 amide bonds. The number of nitrogens with zero attached hydrogens (tertiary/aromatic N) is 1. The van der Waals surface area contributed by atoms with E-state index >= 15 is 0 Å². The maximum Gasteiger partial charge on any atom is 0.267 e. The Kier molecular flexibility index (Phi) is 3.53. The highest BCUT2D eigenvalue weighted by Crippen LogP contribution is 2.38. The number of amides is 2. The summed E-state index contributed by atoms with van der Waals surface area (Å²) < 4.78 is 5.52. The summed E-state index contributed by atoms with van der Waals surface area (Å²) in [6.45, 7) is 8.12. The number of carbonyl (C=O) groups is 2. The molecular formula is C17H17NO3S. The van der Waals surface area contributed by atoms with Gasteiger partial charge in [0, 0.05) is 15.8 Å². The third-order valence-corrected chi connectivity index (χ3v) is 4.72. The van der Waals surface area contributed by atoms with E-state index in [1.54, 1.807) is 6.07 Å². The maximum atomic E-state index is 12.7. The molecule has 5 heteroatoms. The summed E-state index contributed by atoms with van der Waals surface area (Å²) in [5, 5.41) is 0. The van der Waals surface area contributed by atoms with Crippen LogP contribution in [0.25, 0.3) is 0 Å². The van der Waals surface area contributed by atoms with Crippen LogP contribution in [0.3, 0.4) is 0 Å². The lowest BCUT2D eigenvalue weighted by atomic mass is 10.1. The van der Waals surface area contributed by atoms with Crippen molar-refractivity contribution in [3.05, 3.63) is 44.6 Å². The van der Waals surface area contributed by atoms with Gasteiger partial charge < -0.3 is 4.74 Å². The first kappa shape index (κ1) is 14.8. The average molecular weight is 315 g/mol. The zero-order chi connectivity index (χ0) is 16.0. The normalized spacial score (nSPS) is 13.7. The SMILES string of the molecule is CCOc1cc(C)cc(N2C(=O)c3c(C)sc(C)c3C2=O)c1. The molecule has 0 fully saturated rings. The summed E-state index contributed by atoms with van der Waals surface area (Å²) in [4.78, 5) is 28.4. The molecule has 2 heterocycles. The van der Waals surface area contributed by atoms with Crippen LogP contribution in [0.1, 0.15) is 43.0 Å². The number of hydrogen-bond donors (Lipinski definition) is 0. The predicted octanol–water partition coefficient (Wildman–Crippen LogP) is 3.87. The zero-order valence-corrected chi connectivity index (χ0v) is 13.8. The molecule has 0 spiro atoms. The van der Waals surface area contributed by atoms with Gasteiger partial charge in [-0.05, 0) is 45.4 Å². The highest BCUT2D eigenvalue weighted by Gasteiger charge is 2.40. The molecule has 0 unspecified atom stereocenters. The third-order valence-electron chi connectivity index (χ3n) is 3.70. The summed E-state index contributed by atoms with van der Waals surface area (Å²) in [5.41, 5.74) is 2.61. The molecule has 1 aromatic heterocycles. The molecule has 0 atom stereocenters. The Morgan fingerprint density at radius 1 is 1.00 bits per heavy atom. The number of anilines is 1. The van der Waals surface area contributed by atoms with Gasteiger partial charge in [0.25, 0.3) is 11.8 Å². The van der Waals surface area contributed by atoms with Gasteiger partial charge in [-0.1, -0.05) is 0 Å². The van der Waals surface area contributed by atoms with Crippen LogP contribution in [0.15, 0.2) is 18.2 Å². The third kappa shape index (κ3) is 2.13. The van der Waals surface area contributed by atoms with E-state index in [9.17, 15) is 9.59 Å². The van der Waals surface area contributed by atoms with Crippen LogP contribution >= 0.6 is 11.3 Å². The smallest absolute Gasteiger partial charge is 0.267 e. The Morgan fingerprint density at radius 3 is 2.14 bits per heavy atom. The Hall–Kier alpha value is -2.14. The van der Waals surface area contributed by atoms with E-state index in [0.717, 1.165) is 15.3 Å². The first-order valence-corrected chi connectivity index (χ1v) is 7.99. The van der Waals surface area contributed by atoms with E-state index in [1.165, 1.54) is 16.2 Å². The standard InChI is InChI=1S/C17H17NO3S/c1-5-21-13-7-9(2)6-12(8-13)18-16(19)14-10(3)22-11(4)15(14)17(18)20/h6-8H,5H2,1-4H3. The largest absolute Gasteiger partial charge is 0.494 e. The van der Waals surface area contributed by atoms with E-state index in [1.807, 2.05) is 39.8 Å². The van der Waals surface area contributed by atoms with Crippen molar-refractivity contribution >= 4 is 28.8 Å². The Morgan fingerprint density at radius 2 is 1.59 bits per heavy atom. The number of benzene rings is 1. The van der Waals surface area contributed by atoms with Crippen LogP contribution in [0, 0.1) is 20.8 Å². The Bertz CT molecular complexity index is 755. The molecule has 0 saturated carbocycles. The fraction of sp³-hybridized carbons (Fsp3) is 0.294. The van der Waals surface area contributed by atoms with Gasteiger partial charge in [0.2, 0.25) is 0 Å². The first-order valence-electron chi connectivity index (χ1n) is 7.17. The van der Waals surface area contributed by atoms with Gasteiger partial charge in [0.1, 0.15) is 5.75 Å². The van der Waals surface area contributed by atoms with Crippen molar-refractivity contribution in [3.8, 4) is 5.75 Å². The van der Waals surface area contributed by atoms with Gasteiger partial charge >= 0.3 is 0 Å². The summed E-state index contributed by atoms with van der Waals surface area (Å²) in [6.07, 6.45) is 0. The minimum Gasteiger partial charge on any atom is -0.494 e. The average Bonchev–Trinajstić information content (AvgIpc) is 2.86. The van der Waals surface area contributed by atoms with Crippen LogP contribution in [0.5, 0.6) is 5.75 Å². The lowest BCUT2D eigenvalue weighted by molar-refractivity contribution is 0.0926. The van der Waals surface area contributed by atoms with Crippen molar-refractivity contribution in [2.75, 3.05) is 11.5 Å². The molecule has 0 saturated heterocycles. The fourth-order valence-electron chi connectivity index (χ4n) is 2.86. The second-order valence-electron chi connectivity index (χ2n) is 5.35. The van der Waals surface area contributed by atoms with E-state index in [2.05, 4.69) is 0 Å². The maximum absolute atomic E-state index is 12.7. The van der Waals surface area contributed by atoms with Crippen molar-refractivity contribution in [2.24, 2.45) is 0 Å². The van der Waals surface area contributed by atoms with Gasteiger partial charge in [0.15, 0.2) is 0 Å². The van der Waals surface area contributed by atoms with E-state index in [4.69, 9.17) is 4.74 Å². The van der Waals surface area contributed by atoms with Crippen molar-refractivity contribution < 1.29 is 14.3 Å². The molecule has 0 aliphatic carbocycles. The summed E-state index contributed by atoms with van der Waals surface area (Å²) in [6, 6.07) is 5.47. The highest BCUT2D eigenvalue weighted by molar-refractivity contribution is 7.12. The monoisotopic (exact) mass is 315 g/mol. The second kappa shape index (κ2) is 5.25. The number of aryl methyl sites for hydroxylation is 3. The Labute approximate surface area is 133 Å². The zero-order valence-electron chi connectivity index (χ0n) is 13.0. The van der Waals surface area contributed by atoms with Crippen molar-refractivity contribution in [2.45, 2.75) is 27.7 Å². The number of thiophene rings is 1. The van der Waals surface area contributed by atoms with Gasteiger partial charge in [-0.2, -0.15) is 0 Å². The van der Waals surface area contributed by atoms with Crippen LogP contribution < -0.4 is 9.64 Å². The highest BCUT2D eigenvalue weighted by atomic mass is 32.1. The van der Waals surface area contributed by atoms with Crippen LogP contribution in [0.2, 0.25) is 0 Å². The lowest BCUT2D eigenvalue weighted by Gasteiger charge is -2.17. The molecule has 114 valence electrons. The van der Waals surface area contributed by atoms with Crippen molar-refractivity contribution in [1.82, 2.24) is 0 Å². The summed E-state index contributed by atoms with van der Waals surface area (Å²) >= 11 is 1.50. The summed E-state index contributed by atoms with van der Waals surface area (Å²) in [5.74, 6) is 0.186. The summed E-state index contributed by atoms with van der Waals surface area (Å²) in [7, 11) is 0. The molecule has 0 N–H and O–H groups in total. The number of ether oxygens (including phenoxy) is 1. The van der Waals surface area contributed by atoms with Crippen molar-refractivity contribution in [1.29, 1.82) is 0 Å². The first-order chi connectivity index (χ1) is 10.4. The van der Waals surface area contributed by atoms with E-state index < -0.39 is 0 Å². The minimum atomic E-state index is -0.241. The number of hydrogen-bond acceptors (Lipinski definition) is 4. The molecule has 1 aromatic carbocycles. The predicted molar refractivity (Wildman–Crippen MR) is 87.3 cm³/mol. The number of carbonyl (C=O) groups excluding carboxylic acids is 2. The molecule has 0 bridgehead atoms. The second-order valence-corrected chi connectivity index (χ2v) is 6.78. The molecule has 3 rings (SSSR count). The number of fused-ring (bicyclic) bond motifs is 1. The van der Waals surface area contributed by atoms with Gasteiger partial charge in [0.05, 0.1) is 23.4 Å². The van der Waals surface area contributed by atoms with Gasteiger partial charge in [-0.3, -0.25) is 9.59 Å². The van der Waals surface area contributed by atoms with Crippen molar-refractivity contribution in [3.63, 3.8) is 0 Å². The van der Waals surface area contributed by atoms with E-state index in [-0.39, 0.29) is 11.8 Å². The molecule has 4 nitrogen and oxygen atoms in total. The van der Waals surface area contributed by atoms with Crippen LogP contribution in [-0.2, 0) is 0 Å². The van der Waals surface area contributed by atoms with Crippen LogP contribution in [-0.4, -0.2) is 18.4 Å². The molecular weight excluding hydrogens is 298 g/mol.